The molecule has 0 bridgehead atoms. The van der Waals surface area contributed by atoms with Crippen molar-refractivity contribution in [2.24, 2.45) is 0 Å². The lowest BCUT2D eigenvalue weighted by Gasteiger charge is -2.03. The maximum absolute atomic E-state index is 12.2. The van der Waals surface area contributed by atoms with Gasteiger partial charge in [-0.2, -0.15) is 0 Å². The molecule has 2 aromatic carbocycles. The zero-order valence-corrected chi connectivity index (χ0v) is 13.3. The summed E-state index contributed by atoms with van der Waals surface area (Å²) in [6.45, 7) is 0.338. The van der Waals surface area contributed by atoms with Crippen molar-refractivity contribution >= 4 is 17.0 Å². The molecule has 0 atom stereocenters. The Labute approximate surface area is 139 Å². The van der Waals surface area contributed by atoms with Gasteiger partial charge in [-0.3, -0.25) is 4.79 Å². The summed E-state index contributed by atoms with van der Waals surface area (Å²) in [4.78, 5) is 11.9. The molecule has 1 aromatic heterocycles. The minimum absolute atomic E-state index is 0.0866. The number of ether oxygens (including phenoxy) is 1. The van der Waals surface area contributed by atoms with Crippen LogP contribution < -0.4 is 14.8 Å². The third kappa shape index (κ3) is 3.48. The second-order valence-electron chi connectivity index (χ2n) is 5.39. The van der Waals surface area contributed by atoms with Crippen LogP contribution in [0.5, 0.6) is 5.75 Å². The predicted molar refractivity (Wildman–Crippen MR) is 88.6 cm³/mol. The van der Waals surface area contributed by atoms with Gasteiger partial charge in [0.25, 0.3) is 5.52 Å². The monoisotopic (exact) mass is 326 g/mol. The normalized spacial score (nSPS) is 10.7. The molecule has 0 saturated heterocycles. The molecule has 0 aliphatic carbocycles. The molecule has 0 aliphatic heterocycles. The average molecular weight is 326 g/mol. The highest BCUT2D eigenvalue weighted by molar-refractivity contribution is 5.78. The van der Waals surface area contributed by atoms with Gasteiger partial charge in [-0.1, -0.05) is 30.3 Å². The van der Waals surface area contributed by atoms with Crippen molar-refractivity contribution in [1.29, 1.82) is 0 Å². The standard InChI is InChI=1S/C18H18N2O4/c1-23-14-7-8-15-16(12-14)24-18(20(15)22)9-10-19-17(21)11-13-5-3-2-4-6-13/h2-8,12H,9-11H2,1H3,(H,19,21). The zero-order chi connectivity index (χ0) is 16.9. The van der Waals surface area contributed by atoms with Gasteiger partial charge in [0.1, 0.15) is 5.75 Å². The molecule has 0 saturated carbocycles. The zero-order valence-electron chi connectivity index (χ0n) is 13.3. The number of benzene rings is 2. The fourth-order valence-electron chi connectivity index (χ4n) is 2.48. The molecule has 1 amide bonds. The first kappa shape index (κ1) is 15.9. The van der Waals surface area contributed by atoms with Crippen LogP contribution in [0.15, 0.2) is 52.9 Å². The van der Waals surface area contributed by atoms with Crippen LogP contribution in [0.1, 0.15) is 11.5 Å². The number of rotatable bonds is 6. The van der Waals surface area contributed by atoms with Gasteiger partial charge in [-0.05, 0) is 11.6 Å². The Hall–Kier alpha value is -3.02. The van der Waals surface area contributed by atoms with E-state index >= 15 is 0 Å². The van der Waals surface area contributed by atoms with E-state index in [1.54, 1.807) is 25.3 Å². The number of carbonyl (C=O) groups is 1. The SMILES string of the molecule is COc1ccc2c(c1)oc(CCNC(=O)Cc1ccccc1)[n+]2[O-]. The van der Waals surface area contributed by atoms with Gasteiger partial charge < -0.3 is 19.7 Å². The van der Waals surface area contributed by atoms with E-state index in [1.165, 1.54) is 0 Å². The Morgan fingerprint density at radius 3 is 2.79 bits per heavy atom. The summed E-state index contributed by atoms with van der Waals surface area (Å²) in [5.41, 5.74) is 1.86. The van der Waals surface area contributed by atoms with E-state index in [2.05, 4.69) is 5.32 Å². The second kappa shape index (κ2) is 7.04. The molecule has 1 heterocycles. The number of methoxy groups -OCH3 is 1. The van der Waals surface area contributed by atoms with Gasteiger partial charge >= 0.3 is 5.89 Å². The van der Waals surface area contributed by atoms with Crippen LogP contribution in [0.25, 0.3) is 11.1 Å². The Balaban J connectivity index is 1.59. The van der Waals surface area contributed by atoms with E-state index in [9.17, 15) is 10.0 Å². The van der Waals surface area contributed by atoms with Crippen LogP contribution in [0.2, 0.25) is 0 Å². The van der Waals surface area contributed by atoms with Gasteiger partial charge in [0.15, 0.2) is 0 Å². The van der Waals surface area contributed by atoms with Crippen molar-refractivity contribution in [2.75, 3.05) is 13.7 Å². The average Bonchev–Trinajstić information content (AvgIpc) is 2.91. The Kier molecular flexibility index (Phi) is 4.65. The number of oxazole rings is 1. The van der Waals surface area contributed by atoms with Crippen molar-refractivity contribution in [3.63, 3.8) is 0 Å². The van der Waals surface area contributed by atoms with Crippen molar-refractivity contribution in [1.82, 2.24) is 5.32 Å². The summed E-state index contributed by atoms with van der Waals surface area (Å²) in [5.74, 6) is 0.800. The highest BCUT2D eigenvalue weighted by Crippen LogP contribution is 2.20. The van der Waals surface area contributed by atoms with Crippen molar-refractivity contribution in [2.45, 2.75) is 12.8 Å². The Bertz CT molecular complexity index is 843. The van der Waals surface area contributed by atoms with Crippen molar-refractivity contribution < 1.29 is 18.7 Å². The molecular formula is C18H18N2O4. The number of hydrogen-bond donors (Lipinski definition) is 1. The van der Waals surface area contributed by atoms with E-state index in [0.717, 1.165) is 10.3 Å². The molecule has 0 spiro atoms. The first-order chi connectivity index (χ1) is 11.7. The number of nitrogens with zero attached hydrogens (tertiary/aromatic N) is 1. The molecule has 0 aliphatic rings. The van der Waals surface area contributed by atoms with Crippen LogP contribution in [0.4, 0.5) is 0 Å². The lowest BCUT2D eigenvalue weighted by Crippen LogP contribution is -2.33. The highest BCUT2D eigenvalue weighted by atomic mass is 16.5. The maximum atomic E-state index is 12.2. The summed E-state index contributed by atoms with van der Waals surface area (Å²) in [7, 11) is 1.55. The van der Waals surface area contributed by atoms with Gasteiger partial charge in [0.2, 0.25) is 11.5 Å². The van der Waals surface area contributed by atoms with Gasteiger partial charge in [-0.15, -0.1) is 4.73 Å². The minimum atomic E-state index is -0.0866. The minimum Gasteiger partial charge on any atom is -0.616 e. The molecule has 3 rings (SSSR count). The molecule has 3 aromatic rings. The summed E-state index contributed by atoms with van der Waals surface area (Å²) < 4.78 is 11.4. The van der Waals surface area contributed by atoms with Crippen LogP contribution in [-0.2, 0) is 17.6 Å². The van der Waals surface area contributed by atoms with E-state index in [4.69, 9.17) is 9.15 Å². The van der Waals surface area contributed by atoms with E-state index in [-0.39, 0.29) is 11.8 Å². The van der Waals surface area contributed by atoms with Gasteiger partial charge in [0, 0.05) is 18.7 Å². The number of amides is 1. The molecule has 0 unspecified atom stereocenters. The Morgan fingerprint density at radius 1 is 1.25 bits per heavy atom. The Morgan fingerprint density at radius 2 is 2.04 bits per heavy atom. The van der Waals surface area contributed by atoms with Crippen LogP contribution in [0, 0.1) is 5.21 Å². The molecule has 124 valence electrons. The fraction of sp³-hybridized carbons (Fsp3) is 0.222. The quantitative estimate of drug-likeness (QED) is 0.555. The summed E-state index contributed by atoms with van der Waals surface area (Å²) in [6, 6.07) is 14.5. The fourth-order valence-corrected chi connectivity index (χ4v) is 2.48. The number of nitrogens with one attached hydrogen (secondary N) is 1. The molecule has 6 nitrogen and oxygen atoms in total. The van der Waals surface area contributed by atoms with E-state index in [1.807, 2.05) is 30.3 Å². The predicted octanol–water partition coefficient (Wildman–Crippen LogP) is 1.98. The third-order valence-electron chi connectivity index (χ3n) is 3.71. The number of aromatic nitrogens is 1. The van der Waals surface area contributed by atoms with Gasteiger partial charge in [-0.25, -0.2) is 0 Å². The number of carbonyl (C=O) groups excluding carboxylic acids is 1. The molecule has 0 fully saturated rings. The first-order valence-electron chi connectivity index (χ1n) is 7.67. The molecule has 24 heavy (non-hydrogen) atoms. The van der Waals surface area contributed by atoms with E-state index < -0.39 is 0 Å². The van der Waals surface area contributed by atoms with Crippen LogP contribution >= 0.6 is 0 Å². The van der Waals surface area contributed by atoms with Crippen molar-refractivity contribution in [3.8, 4) is 5.75 Å². The summed E-state index contributed by atoms with van der Waals surface area (Å²) in [6.07, 6.45) is 0.635. The van der Waals surface area contributed by atoms with E-state index in [0.29, 0.717) is 36.2 Å². The highest BCUT2D eigenvalue weighted by Gasteiger charge is 2.18. The van der Waals surface area contributed by atoms with Crippen molar-refractivity contribution in [3.05, 3.63) is 65.2 Å². The lowest BCUT2D eigenvalue weighted by molar-refractivity contribution is -0.592. The topological polar surface area (TPSA) is 78.4 Å². The second-order valence-corrected chi connectivity index (χ2v) is 5.39. The summed E-state index contributed by atoms with van der Waals surface area (Å²) in [5, 5.41) is 15.0. The lowest BCUT2D eigenvalue weighted by atomic mass is 10.1. The molecule has 0 radical (unpaired) electrons. The largest absolute Gasteiger partial charge is 0.616 e. The van der Waals surface area contributed by atoms with Crippen LogP contribution in [0.3, 0.4) is 0 Å². The maximum Gasteiger partial charge on any atom is 0.361 e. The van der Waals surface area contributed by atoms with Gasteiger partial charge in [0.05, 0.1) is 20.0 Å². The molecular weight excluding hydrogens is 308 g/mol. The summed E-state index contributed by atoms with van der Waals surface area (Å²) >= 11 is 0. The molecule has 1 N–H and O–H groups in total. The molecule has 6 heteroatoms. The number of hydrogen-bond acceptors (Lipinski definition) is 4. The first-order valence-corrected chi connectivity index (χ1v) is 7.67. The van der Waals surface area contributed by atoms with Crippen LogP contribution in [-0.4, -0.2) is 19.6 Å². The number of fused-ring (bicyclic) bond motifs is 1. The third-order valence-corrected chi connectivity index (χ3v) is 3.71. The smallest absolute Gasteiger partial charge is 0.361 e.